The number of ether oxygens (including phenoxy) is 2. The number of nitrogens with two attached hydrogens (primary N) is 1. The van der Waals surface area contributed by atoms with Crippen molar-refractivity contribution in [2.45, 2.75) is 36.9 Å². The molecular formula is C16H21FN4O3S. The summed E-state index contributed by atoms with van der Waals surface area (Å²) in [7, 11) is 1.59. The highest BCUT2D eigenvalue weighted by molar-refractivity contribution is 8.00. The van der Waals surface area contributed by atoms with E-state index in [2.05, 4.69) is 10.2 Å². The number of hydrogen-bond donors (Lipinski definition) is 1. The number of rotatable bonds is 9. The van der Waals surface area contributed by atoms with Crippen molar-refractivity contribution in [3.8, 4) is 5.75 Å². The molecule has 1 aromatic heterocycles. The lowest BCUT2D eigenvalue weighted by molar-refractivity contribution is -0.117. The van der Waals surface area contributed by atoms with E-state index < -0.39 is 17.0 Å². The molecule has 0 bridgehead atoms. The Hall–Kier alpha value is -2.13. The van der Waals surface area contributed by atoms with Crippen molar-refractivity contribution in [1.82, 2.24) is 14.8 Å². The first kappa shape index (κ1) is 19.2. The van der Waals surface area contributed by atoms with Crippen LogP contribution in [-0.4, -0.2) is 39.6 Å². The third kappa shape index (κ3) is 4.93. The van der Waals surface area contributed by atoms with Crippen molar-refractivity contribution in [2.24, 2.45) is 5.73 Å². The number of para-hydroxylation sites is 1. The second-order valence-electron chi connectivity index (χ2n) is 5.45. The number of primary amides is 1. The third-order valence-electron chi connectivity index (χ3n) is 3.46. The maximum atomic E-state index is 13.7. The average molecular weight is 368 g/mol. The number of methoxy groups -OCH3 is 1. The standard InChI is InChI=1S/C16H21FN4O3S/c1-10(8-23-3)21-14(9-24-13-7-5-4-6-12(13)17)19-20-16(21)25-11(2)15(18)22/h4-7,10-11H,8-9H2,1-3H3,(H2,18,22)/t10-,11-/m1/s1. The Balaban J connectivity index is 2.23. The normalized spacial score (nSPS) is 13.4. The van der Waals surface area contributed by atoms with E-state index in [1.807, 2.05) is 11.5 Å². The Morgan fingerprint density at radius 2 is 2.08 bits per heavy atom. The van der Waals surface area contributed by atoms with Crippen LogP contribution in [0.25, 0.3) is 0 Å². The molecule has 136 valence electrons. The number of thioether (sulfide) groups is 1. The molecule has 0 fully saturated rings. The van der Waals surface area contributed by atoms with Gasteiger partial charge in [0, 0.05) is 7.11 Å². The minimum Gasteiger partial charge on any atom is -0.483 e. The molecule has 0 radical (unpaired) electrons. The molecule has 1 aromatic carbocycles. The lowest BCUT2D eigenvalue weighted by Gasteiger charge is -2.18. The van der Waals surface area contributed by atoms with E-state index in [0.717, 1.165) is 0 Å². The quantitative estimate of drug-likeness (QED) is 0.682. The van der Waals surface area contributed by atoms with Crippen LogP contribution in [0.3, 0.4) is 0 Å². The lowest BCUT2D eigenvalue weighted by atomic mass is 10.3. The zero-order chi connectivity index (χ0) is 18.4. The fraction of sp³-hybridized carbons (Fsp3) is 0.438. The molecule has 7 nitrogen and oxygen atoms in total. The van der Waals surface area contributed by atoms with Gasteiger partial charge in [0.2, 0.25) is 5.91 Å². The molecule has 25 heavy (non-hydrogen) atoms. The van der Waals surface area contributed by atoms with Crippen molar-refractivity contribution >= 4 is 17.7 Å². The predicted octanol–water partition coefficient (Wildman–Crippen LogP) is 2.17. The van der Waals surface area contributed by atoms with E-state index in [0.29, 0.717) is 17.6 Å². The fourth-order valence-electron chi connectivity index (χ4n) is 2.16. The summed E-state index contributed by atoms with van der Waals surface area (Å²) < 4.78 is 26.2. The summed E-state index contributed by atoms with van der Waals surface area (Å²) in [5.74, 6) is -0.248. The Morgan fingerprint density at radius 1 is 1.36 bits per heavy atom. The van der Waals surface area contributed by atoms with Gasteiger partial charge in [-0.3, -0.25) is 9.36 Å². The first-order valence-corrected chi connectivity index (χ1v) is 8.58. The van der Waals surface area contributed by atoms with Crippen LogP contribution in [0.15, 0.2) is 29.4 Å². The molecule has 2 aromatic rings. The maximum absolute atomic E-state index is 13.7. The molecule has 9 heteroatoms. The highest BCUT2D eigenvalue weighted by Gasteiger charge is 2.22. The second kappa shape index (κ2) is 8.82. The SMILES string of the molecule is COC[C@@H](C)n1c(COc2ccccc2F)nnc1S[C@H](C)C(N)=O. The molecule has 0 aliphatic heterocycles. The van der Waals surface area contributed by atoms with Gasteiger partial charge in [0.25, 0.3) is 0 Å². The van der Waals surface area contributed by atoms with Gasteiger partial charge < -0.3 is 15.2 Å². The summed E-state index contributed by atoms with van der Waals surface area (Å²) in [6.45, 7) is 4.08. The summed E-state index contributed by atoms with van der Waals surface area (Å²) in [5, 5.41) is 8.30. The molecule has 2 rings (SSSR count). The first-order chi connectivity index (χ1) is 11.9. The van der Waals surface area contributed by atoms with E-state index in [-0.39, 0.29) is 18.4 Å². The largest absolute Gasteiger partial charge is 0.483 e. The van der Waals surface area contributed by atoms with Gasteiger partial charge in [0.05, 0.1) is 17.9 Å². The Bertz CT molecular complexity index is 725. The van der Waals surface area contributed by atoms with Gasteiger partial charge in [-0.2, -0.15) is 0 Å². The number of hydrogen-bond acceptors (Lipinski definition) is 6. The number of nitrogens with zero attached hydrogens (tertiary/aromatic N) is 3. The lowest BCUT2D eigenvalue weighted by Crippen LogP contribution is -2.24. The van der Waals surface area contributed by atoms with Crippen molar-refractivity contribution in [3.63, 3.8) is 0 Å². The third-order valence-corrected chi connectivity index (χ3v) is 4.54. The number of amides is 1. The Kier molecular flexibility index (Phi) is 6.77. The molecule has 2 atom stereocenters. The zero-order valence-electron chi connectivity index (χ0n) is 14.3. The highest BCUT2D eigenvalue weighted by Crippen LogP contribution is 2.26. The second-order valence-corrected chi connectivity index (χ2v) is 6.76. The summed E-state index contributed by atoms with van der Waals surface area (Å²) in [6, 6.07) is 6.04. The molecule has 1 heterocycles. The predicted molar refractivity (Wildman–Crippen MR) is 91.9 cm³/mol. The van der Waals surface area contributed by atoms with Crippen LogP contribution in [0.2, 0.25) is 0 Å². The molecular weight excluding hydrogens is 347 g/mol. The van der Waals surface area contributed by atoms with Crippen molar-refractivity contribution in [2.75, 3.05) is 13.7 Å². The monoisotopic (exact) mass is 368 g/mol. The van der Waals surface area contributed by atoms with Crippen LogP contribution < -0.4 is 10.5 Å². The van der Waals surface area contributed by atoms with Crippen LogP contribution in [0, 0.1) is 5.82 Å². The molecule has 0 unspecified atom stereocenters. The van der Waals surface area contributed by atoms with E-state index in [4.69, 9.17) is 15.2 Å². The summed E-state index contributed by atoms with van der Waals surface area (Å²) >= 11 is 1.21. The van der Waals surface area contributed by atoms with Crippen LogP contribution in [0.1, 0.15) is 25.7 Å². The number of aromatic nitrogens is 3. The van der Waals surface area contributed by atoms with E-state index in [9.17, 15) is 9.18 Å². The number of carbonyl (C=O) groups excluding carboxylic acids is 1. The zero-order valence-corrected chi connectivity index (χ0v) is 15.1. The van der Waals surface area contributed by atoms with Gasteiger partial charge in [-0.25, -0.2) is 4.39 Å². The molecule has 0 aliphatic rings. The smallest absolute Gasteiger partial charge is 0.230 e. The van der Waals surface area contributed by atoms with E-state index in [1.165, 1.54) is 17.8 Å². The van der Waals surface area contributed by atoms with Crippen LogP contribution >= 0.6 is 11.8 Å². The molecule has 0 spiro atoms. The molecule has 0 saturated heterocycles. The first-order valence-electron chi connectivity index (χ1n) is 7.70. The van der Waals surface area contributed by atoms with Gasteiger partial charge in [-0.15, -0.1) is 10.2 Å². The topological polar surface area (TPSA) is 92.3 Å². The van der Waals surface area contributed by atoms with E-state index >= 15 is 0 Å². The fourth-order valence-corrected chi connectivity index (χ4v) is 3.08. The van der Waals surface area contributed by atoms with Gasteiger partial charge in [-0.05, 0) is 26.0 Å². The van der Waals surface area contributed by atoms with Gasteiger partial charge in [-0.1, -0.05) is 23.9 Å². The highest BCUT2D eigenvalue weighted by atomic mass is 32.2. The Morgan fingerprint density at radius 3 is 2.72 bits per heavy atom. The summed E-state index contributed by atoms with van der Waals surface area (Å²) in [4.78, 5) is 11.3. The summed E-state index contributed by atoms with van der Waals surface area (Å²) in [6.07, 6.45) is 0. The van der Waals surface area contributed by atoms with Crippen molar-refractivity contribution in [3.05, 3.63) is 35.9 Å². The van der Waals surface area contributed by atoms with Gasteiger partial charge >= 0.3 is 0 Å². The van der Waals surface area contributed by atoms with Crippen LogP contribution in [-0.2, 0) is 16.1 Å². The number of benzene rings is 1. The number of carbonyl (C=O) groups is 1. The van der Waals surface area contributed by atoms with Gasteiger partial charge in [0.1, 0.15) is 6.61 Å². The minimum absolute atomic E-state index is 0.0352. The van der Waals surface area contributed by atoms with E-state index in [1.54, 1.807) is 32.2 Å². The average Bonchev–Trinajstić information content (AvgIpc) is 2.97. The Labute approximate surface area is 149 Å². The van der Waals surface area contributed by atoms with Crippen LogP contribution in [0.5, 0.6) is 5.75 Å². The van der Waals surface area contributed by atoms with Crippen LogP contribution in [0.4, 0.5) is 4.39 Å². The number of halogens is 1. The van der Waals surface area contributed by atoms with Crippen molar-refractivity contribution < 1.29 is 18.7 Å². The minimum atomic E-state index is -0.460. The van der Waals surface area contributed by atoms with Gasteiger partial charge in [0.15, 0.2) is 22.5 Å². The summed E-state index contributed by atoms with van der Waals surface area (Å²) in [5.41, 5.74) is 5.32. The maximum Gasteiger partial charge on any atom is 0.230 e. The molecule has 0 saturated carbocycles. The van der Waals surface area contributed by atoms with Crippen molar-refractivity contribution in [1.29, 1.82) is 0 Å². The molecule has 0 aliphatic carbocycles. The molecule has 1 amide bonds. The molecule has 2 N–H and O–H groups in total.